The van der Waals surface area contributed by atoms with E-state index in [1.165, 1.54) is 12.8 Å². The van der Waals surface area contributed by atoms with Gasteiger partial charge in [0.25, 0.3) is 5.56 Å². The van der Waals surface area contributed by atoms with Gasteiger partial charge < -0.3 is 9.88 Å². The molecule has 0 radical (unpaired) electrons. The van der Waals surface area contributed by atoms with E-state index in [4.69, 9.17) is 11.6 Å². The van der Waals surface area contributed by atoms with Gasteiger partial charge in [0.05, 0.1) is 21.6 Å². The van der Waals surface area contributed by atoms with Crippen LogP contribution in [0.25, 0.3) is 23.1 Å². The fraction of sp³-hybridized carbons (Fsp3) is 0.211. The van der Waals surface area contributed by atoms with Crippen molar-refractivity contribution in [1.82, 2.24) is 15.0 Å². The Hall–Kier alpha value is -2.66. The van der Waals surface area contributed by atoms with Crippen LogP contribution in [0, 0.1) is 0 Å². The first-order valence-electron chi connectivity index (χ1n) is 8.29. The molecule has 1 aromatic carbocycles. The van der Waals surface area contributed by atoms with Crippen LogP contribution in [0.4, 0.5) is 5.82 Å². The molecular weight excluding hydrogens is 336 g/mol. The molecule has 1 fully saturated rings. The molecule has 0 aliphatic carbocycles. The Labute approximate surface area is 150 Å². The maximum Gasteiger partial charge on any atom is 0.260 e. The summed E-state index contributed by atoms with van der Waals surface area (Å²) in [7, 11) is 0. The number of aromatic amines is 1. The number of halogens is 1. The second kappa shape index (κ2) is 6.69. The molecule has 1 aliphatic rings. The van der Waals surface area contributed by atoms with Crippen molar-refractivity contribution in [3.8, 4) is 0 Å². The number of nitrogens with zero attached hydrogens (tertiary/aromatic N) is 3. The van der Waals surface area contributed by atoms with Gasteiger partial charge in [-0.25, -0.2) is 9.97 Å². The zero-order valence-corrected chi connectivity index (χ0v) is 14.3. The highest BCUT2D eigenvalue weighted by Gasteiger charge is 2.13. The molecule has 1 aliphatic heterocycles. The largest absolute Gasteiger partial charge is 0.357 e. The molecular formula is C19H17ClN4O. The summed E-state index contributed by atoms with van der Waals surface area (Å²) in [5.74, 6) is 1.47. The molecule has 5 nitrogen and oxygen atoms in total. The van der Waals surface area contributed by atoms with E-state index in [1.54, 1.807) is 24.3 Å². The van der Waals surface area contributed by atoms with Crippen molar-refractivity contribution in [3.05, 3.63) is 63.3 Å². The SMILES string of the molecule is O=c1[nH]c(/C=C/c2cccc(N3CCCC3)n2)nc2cccc(Cl)c12. The maximum atomic E-state index is 12.2. The Bertz CT molecular complexity index is 1010. The van der Waals surface area contributed by atoms with Gasteiger partial charge in [0.15, 0.2) is 0 Å². The summed E-state index contributed by atoms with van der Waals surface area (Å²) in [6.45, 7) is 2.11. The minimum absolute atomic E-state index is 0.242. The molecule has 1 saturated heterocycles. The summed E-state index contributed by atoms with van der Waals surface area (Å²) in [6.07, 6.45) is 6.05. The van der Waals surface area contributed by atoms with Crippen molar-refractivity contribution in [2.75, 3.05) is 18.0 Å². The number of fused-ring (bicyclic) bond motifs is 1. The maximum absolute atomic E-state index is 12.2. The van der Waals surface area contributed by atoms with Gasteiger partial charge in [0.2, 0.25) is 0 Å². The van der Waals surface area contributed by atoms with Crippen molar-refractivity contribution in [2.24, 2.45) is 0 Å². The zero-order chi connectivity index (χ0) is 17.2. The van der Waals surface area contributed by atoms with Gasteiger partial charge in [-0.2, -0.15) is 0 Å². The molecule has 0 unspecified atom stereocenters. The monoisotopic (exact) mass is 352 g/mol. The summed E-state index contributed by atoms with van der Waals surface area (Å²) < 4.78 is 0. The lowest BCUT2D eigenvalue weighted by atomic mass is 10.2. The number of benzene rings is 1. The first-order valence-corrected chi connectivity index (χ1v) is 8.67. The fourth-order valence-electron chi connectivity index (χ4n) is 3.07. The Morgan fingerprint density at radius 1 is 1.04 bits per heavy atom. The molecule has 0 bridgehead atoms. The van der Waals surface area contributed by atoms with Crippen LogP contribution in [0.2, 0.25) is 5.02 Å². The Morgan fingerprint density at radius 2 is 1.84 bits per heavy atom. The van der Waals surface area contributed by atoms with Crippen LogP contribution in [0.1, 0.15) is 24.4 Å². The number of nitrogens with one attached hydrogen (secondary N) is 1. The highest BCUT2D eigenvalue weighted by Crippen LogP contribution is 2.20. The molecule has 2 aromatic heterocycles. The van der Waals surface area contributed by atoms with Crippen molar-refractivity contribution < 1.29 is 0 Å². The number of hydrogen-bond donors (Lipinski definition) is 1. The molecule has 4 rings (SSSR count). The Morgan fingerprint density at radius 3 is 2.68 bits per heavy atom. The average molecular weight is 353 g/mol. The van der Waals surface area contributed by atoms with Gasteiger partial charge in [-0.1, -0.05) is 23.7 Å². The second-order valence-electron chi connectivity index (χ2n) is 6.03. The van der Waals surface area contributed by atoms with E-state index in [0.717, 1.165) is 24.6 Å². The summed E-state index contributed by atoms with van der Waals surface area (Å²) in [5.41, 5.74) is 1.17. The van der Waals surface area contributed by atoms with Gasteiger partial charge in [0.1, 0.15) is 11.6 Å². The van der Waals surface area contributed by atoms with Crippen molar-refractivity contribution in [1.29, 1.82) is 0 Å². The highest BCUT2D eigenvalue weighted by atomic mass is 35.5. The lowest BCUT2D eigenvalue weighted by molar-refractivity contribution is 0.936. The molecule has 6 heteroatoms. The summed E-state index contributed by atoms with van der Waals surface area (Å²) in [4.78, 5) is 26.4. The number of anilines is 1. The summed E-state index contributed by atoms with van der Waals surface area (Å²) >= 11 is 6.07. The summed E-state index contributed by atoms with van der Waals surface area (Å²) in [6, 6.07) is 11.2. The summed E-state index contributed by atoms with van der Waals surface area (Å²) in [5, 5.41) is 0.817. The van der Waals surface area contributed by atoms with E-state index >= 15 is 0 Å². The van der Waals surface area contributed by atoms with E-state index in [1.807, 2.05) is 24.3 Å². The topological polar surface area (TPSA) is 61.9 Å². The zero-order valence-electron chi connectivity index (χ0n) is 13.6. The first-order chi connectivity index (χ1) is 12.2. The van der Waals surface area contributed by atoms with Crippen LogP contribution in [0.15, 0.2) is 41.2 Å². The van der Waals surface area contributed by atoms with Gasteiger partial charge >= 0.3 is 0 Å². The van der Waals surface area contributed by atoms with Gasteiger partial charge in [-0.05, 0) is 49.3 Å². The van der Waals surface area contributed by atoms with Crippen LogP contribution < -0.4 is 10.5 Å². The molecule has 25 heavy (non-hydrogen) atoms. The van der Waals surface area contributed by atoms with Crippen molar-refractivity contribution in [3.63, 3.8) is 0 Å². The molecule has 0 amide bonds. The third-order valence-corrected chi connectivity index (χ3v) is 4.61. The molecule has 3 heterocycles. The van der Waals surface area contributed by atoms with Gasteiger partial charge in [0, 0.05) is 13.1 Å². The molecule has 1 N–H and O–H groups in total. The standard InChI is InChI=1S/C19H17ClN4O/c20-14-6-4-7-15-18(14)19(25)23-16(22-15)10-9-13-5-3-8-17(21-13)24-11-1-2-12-24/h3-10H,1-2,11-12H2,(H,22,23,25)/b10-9+. The molecule has 0 atom stereocenters. The number of pyridine rings is 1. The van der Waals surface area contributed by atoms with E-state index < -0.39 is 0 Å². The van der Waals surface area contributed by atoms with Crippen molar-refractivity contribution >= 4 is 40.5 Å². The quantitative estimate of drug-likeness (QED) is 0.780. The van der Waals surface area contributed by atoms with E-state index in [-0.39, 0.29) is 5.56 Å². The van der Waals surface area contributed by atoms with Gasteiger partial charge in [-0.3, -0.25) is 4.79 Å². The third kappa shape index (κ3) is 3.28. The molecule has 3 aromatic rings. The van der Waals surface area contributed by atoms with E-state index in [9.17, 15) is 4.79 Å². The fourth-order valence-corrected chi connectivity index (χ4v) is 3.32. The normalized spacial score (nSPS) is 14.7. The number of hydrogen-bond acceptors (Lipinski definition) is 4. The third-order valence-electron chi connectivity index (χ3n) is 4.30. The van der Waals surface area contributed by atoms with Crippen LogP contribution in [-0.4, -0.2) is 28.0 Å². The molecule has 0 saturated carbocycles. The number of aromatic nitrogens is 3. The lowest BCUT2D eigenvalue weighted by Gasteiger charge is -2.16. The van der Waals surface area contributed by atoms with E-state index in [2.05, 4.69) is 19.9 Å². The second-order valence-corrected chi connectivity index (χ2v) is 6.44. The van der Waals surface area contributed by atoms with Gasteiger partial charge in [-0.15, -0.1) is 0 Å². The number of rotatable bonds is 3. The van der Waals surface area contributed by atoms with Crippen LogP contribution >= 0.6 is 11.6 Å². The Kier molecular flexibility index (Phi) is 4.24. The predicted molar refractivity (Wildman–Crippen MR) is 102 cm³/mol. The molecule has 0 spiro atoms. The Balaban J connectivity index is 1.65. The first kappa shape index (κ1) is 15.8. The highest BCUT2D eigenvalue weighted by molar-refractivity contribution is 6.35. The minimum atomic E-state index is -0.242. The smallest absolute Gasteiger partial charge is 0.260 e. The average Bonchev–Trinajstić information content (AvgIpc) is 3.15. The van der Waals surface area contributed by atoms with Crippen LogP contribution in [0.5, 0.6) is 0 Å². The minimum Gasteiger partial charge on any atom is -0.357 e. The lowest BCUT2D eigenvalue weighted by Crippen LogP contribution is -2.18. The predicted octanol–water partition coefficient (Wildman–Crippen LogP) is 3.74. The van der Waals surface area contributed by atoms with E-state index in [0.29, 0.717) is 21.7 Å². The number of H-pyrrole nitrogens is 1. The molecule has 126 valence electrons. The van der Waals surface area contributed by atoms with Crippen molar-refractivity contribution in [2.45, 2.75) is 12.8 Å². The van der Waals surface area contributed by atoms with Crippen LogP contribution in [-0.2, 0) is 0 Å². The van der Waals surface area contributed by atoms with Crippen LogP contribution in [0.3, 0.4) is 0 Å².